The van der Waals surface area contributed by atoms with Crippen LogP contribution in [0.1, 0.15) is 20.3 Å². The van der Waals surface area contributed by atoms with Gasteiger partial charge in [-0.15, -0.1) is 0 Å². The predicted octanol–water partition coefficient (Wildman–Crippen LogP) is 0.686. The van der Waals surface area contributed by atoms with E-state index in [0.717, 1.165) is 13.1 Å². The number of rotatable bonds is 3. The minimum Gasteiger partial charge on any atom is -0.383 e. The maximum atomic E-state index is 11.4. The fourth-order valence-electron chi connectivity index (χ4n) is 1.59. The van der Waals surface area contributed by atoms with Crippen LogP contribution in [-0.4, -0.2) is 43.0 Å². The van der Waals surface area contributed by atoms with Gasteiger partial charge < -0.3 is 4.74 Å². The van der Waals surface area contributed by atoms with Crippen molar-refractivity contribution in [2.24, 2.45) is 0 Å². The molecule has 0 N–H and O–H groups in total. The molecule has 70 valence electrons. The van der Waals surface area contributed by atoms with Crippen molar-refractivity contribution in [1.29, 1.82) is 0 Å². The monoisotopic (exact) mass is 171 g/mol. The molecule has 1 heterocycles. The molecule has 0 aliphatic carbocycles. The highest BCUT2D eigenvalue weighted by atomic mass is 16.5. The van der Waals surface area contributed by atoms with E-state index in [4.69, 9.17) is 4.74 Å². The SMILES string of the molecule is COCCN1CCC(=O)C1(C)C. The molecule has 0 unspecified atom stereocenters. The summed E-state index contributed by atoms with van der Waals surface area (Å²) in [6.07, 6.45) is 0.691. The number of ether oxygens (including phenoxy) is 1. The highest BCUT2D eigenvalue weighted by Crippen LogP contribution is 2.23. The van der Waals surface area contributed by atoms with Gasteiger partial charge in [0.1, 0.15) is 0 Å². The summed E-state index contributed by atoms with van der Waals surface area (Å²) in [6, 6.07) is 0. The van der Waals surface area contributed by atoms with Crippen molar-refractivity contribution in [2.45, 2.75) is 25.8 Å². The second-order valence-electron chi connectivity index (χ2n) is 3.71. The Bertz CT molecular complexity index is 177. The summed E-state index contributed by atoms with van der Waals surface area (Å²) in [7, 11) is 1.69. The first-order valence-electron chi connectivity index (χ1n) is 4.36. The predicted molar refractivity (Wildman–Crippen MR) is 47.2 cm³/mol. The summed E-state index contributed by atoms with van der Waals surface area (Å²) >= 11 is 0. The zero-order chi connectivity index (χ0) is 9.19. The van der Waals surface area contributed by atoms with Crippen molar-refractivity contribution in [3.05, 3.63) is 0 Å². The molecule has 0 aromatic carbocycles. The van der Waals surface area contributed by atoms with Gasteiger partial charge in [0, 0.05) is 26.6 Å². The summed E-state index contributed by atoms with van der Waals surface area (Å²) in [5, 5.41) is 0. The minimum atomic E-state index is -0.265. The Kier molecular flexibility index (Phi) is 2.85. The second kappa shape index (κ2) is 3.54. The molecule has 1 aliphatic heterocycles. The molecular formula is C9H17NO2. The number of likely N-dealkylation sites (tertiary alicyclic amines) is 1. The van der Waals surface area contributed by atoms with Gasteiger partial charge in [-0.05, 0) is 13.8 Å². The molecule has 0 amide bonds. The molecule has 1 rings (SSSR count). The van der Waals surface area contributed by atoms with Crippen LogP contribution in [0, 0.1) is 0 Å². The third kappa shape index (κ3) is 1.67. The topological polar surface area (TPSA) is 29.5 Å². The van der Waals surface area contributed by atoms with Gasteiger partial charge in [-0.1, -0.05) is 0 Å². The van der Waals surface area contributed by atoms with Crippen LogP contribution in [-0.2, 0) is 9.53 Å². The lowest BCUT2D eigenvalue weighted by Crippen LogP contribution is -2.44. The molecule has 1 fully saturated rings. The van der Waals surface area contributed by atoms with Gasteiger partial charge in [0.05, 0.1) is 12.1 Å². The molecule has 0 atom stereocenters. The molecule has 0 aromatic heterocycles. The van der Waals surface area contributed by atoms with Crippen LogP contribution in [0.5, 0.6) is 0 Å². The Hall–Kier alpha value is -0.410. The van der Waals surface area contributed by atoms with E-state index in [9.17, 15) is 4.79 Å². The summed E-state index contributed by atoms with van der Waals surface area (Å²) in [6.45, 7) is 6.41. The molecule has 0 radical (unpaired) electrons. The van der Waals surface area contributed by atoms with Gasteiger partial charge in [0.2, 0.25) is 0 Å². The summed E-state index contributed by atoms with van der Waals surface area (Å²) in [5.74, 6) is 0.346. The Labute approximate surface area is 73.7 Å². The van der Waals surface area contributed by atoms with Gasteiger partial charge in [-0.2, -0.15) is 0 Å². The van der Waals surface area contributed by atoms with Crippen LogP contribution in [0.25, 0.3) is 0 Å². The van der Waals surface area contributed by atoms with E-state index in [1.807, 2.05) is 13.8 Å². The third-order valence-electron chi connectivity index (χ3n) is 2.65. The number of ketones is 1. The van der Waals surface area contributed by atoms with Crippen LogP contribution in [0.3, 0.4) is 0 Å². The molecule has 1 saturated heterocycles. The Balaban J connectivity index is 2.50. The fraction of sp³-hybridized carbons (Fsp3) is 0.889. The van der Waals surface area contributed by atoms with Crippen molar-refractivity contribution >= 4 is 5.78 Å². The maximum Gasteiger partial charge on any atom is 0.153 e. The van der Waals surface area contributed by atoms with Crippen LogP contribution in [0.2, 0.25) is 0 Å². The Morgan fingerprint density at radius 2 is 2.25 bits per heavy atom. The summed E-state index contributed by atoms with van der Waals surface area (Å²) < 4.78 is 4.98. The largest absolute Gasteiger partial charge is 0.383 e. The molecule has 3 nitrogen and oxygen atoms in total. The second-order valence-corrected chi connectivity index (χ2v) is 3.71. The van der Waals surface area contributed by atoms with Gasteiger partial charge in [0.15, 0.2) is 5.78 Å². The minimum absolute atomic E-state index is 0.265. The van der Waals surface area contributed by atoms with Gasteiger partial charge in [0.25, 0.3) is 0 Å². The number of nitrogens with zero attached hydrogens (tertiary/aromatic N) is 1. The molecule has 0 aromatic rings. The van der Waals surface area contributed by atoms with Gasteiger partial charge in [-0.3, -0.25) is 9.69 Å². The number of Topliss-reactive ketones (excluding diaryl/α,β-unsaturated/α-hetero) is 1. The van der Waals surface area contributed by atoms with E-state index < -0.39 is 0 Å². The summed E-state index contributed by atoms with van der Waals surface area (Å²) in [4.78, 5) is 13.6. The number of carbonyl (C=O) groups excluding carboxylic acids is 1. The van der Waals surface area contributed by atoms with Crippen molar-refractivity contribution < 1.29 is 9.53 Å². The highest BCUT2D eigenvalue weighted by molar-refractivity contribution is 5.89. The molecule has 3 heteroatoms. The normalized spacial score (nSPS) is 23.4. The Morgan fingerprint density at radius 3 is 2.67 bits per heavy atom. The Morgan fingerprint density at radius 1 is 1.58 bits per heavy atom. The number of carbonyl (C=O) groups is 1. The smallest absolute Gasteiger partial charge is 0.153 e. The maximum absolute atomic E-state index is 11.4. The lowest BCUT2D eigenvalue weighted by molar-refractivity contribution is -0.123. The van der Waals surface area contributed by atoms with E-state index in [1.165, 1.54) is 0 Å². The molecule has 12 heavy (non-hydrogen) atoms. The first-order valence-corrected chi connectivity index (χ1v) is 4.36. The van der Waals surface area contributed by atoms with Gasteiger partial charge >= 0.3 is 0 Å². The van der Waals surface area contributed by atoms with Gasteiger partial charge in [-0.25, -0.2) is 0 Å². The molecule has 0 saturated carbocycles. The van der Waals surface area contributed by atoms with E-state index in [2.05, 4.69) is 4.90 Å². The van der Waals surface area contributed by atoms with Crippen molar-refractivity contribution in [3.8, 4) is 0 Å². The fourth-order valence-corrected chi connectivity index (χ4v) is 1.59. The third-order valence-corrected chi connectivity index (χ3v) is 2.65. The lowest BCUT2D eigenvalue weighted by atomic mass is 10.0. The first-order chi connectivity index (χ1) is 5.59. The van der Waals surface area contributed by atoms with Crippen molar-refractivity contribution in [3.63, 3.8) is 0 Å². The van der Waals surface area contributed by atoms with Crippen LogP contribution in [0.15, 0.2) is 0 Å². The van der Waals surface area contributed by atoms with E-state index in [0.29, 0.717) is 18.8 Å². The number of hydrogen-bond donors (Lipinski definition) is 0. The van der Waals surface area contributed by atoms with E-state index >= 15 is 0 Å². The standard InChI is InChI=1S/C9H17NO2/c1-9(2)8(11)4-5-10(9)6-7-12-3/h4-7H2,1-3H3. The number of hydrogen-bond acceptors (Lipinski definition) is 3. The van der Waals surface area contributed by atoms with Crippen molar-refractivity contribution in [1.82, 2.24) is 4.90 Å². The average Bonchev–Trinajstić information content (AvgIpc) is 2.25. The lowest BCUT2D eigenvalue weighted by Gasteiger charge is -2.29. The quantitative estimate of drug-likeness (QED) is 0.625. The molecule has 0 bridgehead atoms. The molecule has 0 spiro atoms. The highest BCUT2D eigenvalue weighted by Gasteiger charge is 2.39. The van der Waals surface area contributed by atoms with Crippen LogP contribution >= 0.6 is 0 Å². The zero-order valence-electron chi connectivity index (χ0n) is 8.09. The first kappa shape index (κ1) is 9.68. The average molecular weight is 171 g/mol. The summed E-state index contributed by atoms with van der Waals surface area (Å²) in [5.41, 5.74) is -0.265. The zero-order valence-corrected chi connectivity index (χ0v) is 8.09. The van der Waals surface area contributed by atoms with Crippen LogP contribution < -0.4 is 0 Å². The van der Waals surface area contributed by atoms with Crippen molar-refractivity contribution in [2.75, 3.05) is 26.8 Å². The van der Waals surface area contributed by atoms with E-state index in [-0.39, 0.29) is 5.54 Å². The van der Waals surface area contributed by atoms with Crippen LogP contribution in [0.4, 0.5) is 0 Å². The van der Waals surface area contributed by atoms with E-state index in [1.54, 1.807) is 7.11 Å². The molecule has 1 aliphatic rings. The molecular weight excluding hydrogens is 154 g/mol. The number of methoxy groups -OCH3 is 1.